The Morgan fingerprint density at radius 3 is 2.94 bits per heavy atom. The summed E-state index contributed by atoms with van der Waals surface area (Å²) in [5.41, 5.74) is 2.36. The summed E-state index contributed by atoms with van der Waals surface area (Å²) in [5.74, 6) is 1.19. The lowest BCUT2D eigenvalue weighted by molar-refractivity contribution is 0.536. The van der Waals surface area contributed by atoms with Gasteiger partial charge in [0.15, 0.2) is 0 Å². The second-order valence-corrected chi connectivity index (χ2v) is 4.95. The first-order valence-electron chi connectivity index (χ1n) is 6.02. The van der Waals surface area contributed by atoms with Crippen LogP contribution in [0.2, 0.25) is 0 Å². The number of rotatable bonds is 1. The Morgan fingerprint density at radius 2 is 2.19 bits per heavy atom. The van der Waals surface area contributed by atoms with Crippen LogP contribution in [0.5, 0.6) is 0 Å². The predicted octanol–water partition coefficient (Wildman–Crippen LogP) is 4.21. The van der Waals surface area contributed by atoms with E-state index in [1.165, 1.54) is 30.9 Å². The lowest BCUT2D eigenvalue weighted by atomic mass is 9.90. The minimum absolute atomic E-state index is 0.140. The fourth-order valence-electron chi connectivity index (χ4n) is 3.03. The highest BCUT2D eigenvalue weighted by Crippen LogP contribution is 2.41. The lowest BCUT2D eigenvalue weighted by Gasteiger charge is -2.14. The molecule has 0 spiro atoms. The number of H-pyrrole nitrogens is 1. The molecular weight excluding hydrogens is 201 g/mol. The van der Waals surface area contributed by atoms with E-state index < -0.39 is 0 Å². The van der Waals surface area contributed by atoms with Crippen LogP contribution in [-0.2, 0) is 0 Å². The third kappa shape index (κ3) is 1.44. The number of benzene rings is 1. The summed E-state index contributed by atoms with van der Waals surface area (Å²) in [6.07, 6.45) is 5.90. The summed E-state index contributed by atoms with van der Waals surface area (Å²) in [6, 6.07) is 5.00. The molecule has 1 aromatic heterocycles. The van der Waals surface area contributed by atoms with E-state index in [2.05, 4.69) is 18.1 Å². The van der Waals surface area contributed by atoms with Gasteiger partial charge in [-0.25, -0.2) is 4.39 Å². The Balaban J connectivity index is 2.12. The van der Waals surface area contributed by atoms with Gasteiger partial charge in [0.2, 0.25) is 0 Å². The van der Waals surface area contributed by atoms with Gasteiger partial charge >= 0.3 is 0 Å². The number of fused-ring (bicyclic) bond motifs is 1. The molecule has 1 aliphatic carbocycles. The summed E-state index contributed by atoms with van der Waals surface area (Å²) in [5, 5.41) is 1.07. The zero-order chi connectivity index (χ0) is 11.1. The van der Waals surface area contributed by atoms with Crippen molar-refractivity contribution < 1.29 is 4.39 Å². The average molecular weight is 217 g/mol. The van der Waals surface area contributed by atoms with E-state index in [1.807, 2.05) is 6.07 Å². The maximum Gasteiger partial charge on any atom is 0.123 e. The van der Waals surface area contributed by atoms with E-state index in [-0.39, 0.29) is 5.82 Å². The van der Waals surface area contributed by atoms with E-state index in [0.717, 1.165) is 16.8 Å². The van der Waals surface area contributed by atoms with E-state index in [4.69, 9.17) is 0 Å². The molecule has 3 rings (SSSR count). The van der Waals surface area contributed by atoms with Crippen LogP contribution in [0.4, 0.5) is 4.39 Å². The van der Waals surface area contributed by atoms with Gasteiger partial charge in [-0.05, 0) is 42.0 Å². The summed E-state index contributed by atoms with van der Waals surface area (Å²) < 4.78 is 13.3. The van der Waals surface area contributed by atoms with Crippen molar-refractivity contribution in [2.24, 2.45) is 5.92 Å². The van der Waals surface area contributed by atoms with E-state index in [9.17, 15) is 4.39 Å². The van der Waals surface area contributed by atoms with Crippen LogP contribution in [0.25, 0.3) is 10.9 Å². The largest absolute Gasteiger partial charge is 0.361 e. The first kappa shape index (κ1) is 9.88. The van der Waals surface area contributed by atoms with Gasteiger partial charge in [-0.3, -0.25) is 0 Å². The van der Waals surface area contributed by atoms with Gasteiger partial charge in [-0.15, -0.1) is 0 Å². The van der Waals surface area contributed by atoms with Crippen LogP contribution in [-0.4, -0.2) is 4.98 Å². The van der Waals surface area contributed by atoms with Gasteiger partial charge in [0.05, 0.1) is 0 Å². The first-order valence-corrected chi connectivity index (χ1v) is 6.02. The first-order chi connectivity index (χ1) is 7.75. The molecule has 2 atom stereocenters. The minimum atomic E-state index is -0.140. The summed E-state index contributed by atoms with van der Waals surface area (Å²) in [4.78, 5) is 3.25. The van der Waals surface area contributed by atoms with Crippen LogP contribution in [0.15, 0.2) is 24.4 Å². The number of aromatic amines is 1. The Hall–Kier alpha value is -1.31. The van der Waals surface area contributed by atoms with Crippen molar-refractivity contribution in [3.8, 4) is 0 Å². The van der Waals surface area contributed by atoms with Gasteiger partial charge in [-0.2, -0.15) is 0 Å². The Kier molecular flexibility index (Phi) is 2.23. The number of hydrogen-bond acceptors (Lipinski definition) is 0. The van der Waals surface area contributed by atoms with Crippen molar-refractivity contribution in [1.82, 2.24) is 4.98 Å². The second-order valence-electron chi connectivity index (χ2n) is 4.95. The number of halogens is 1. The average Bonchev–Trinajstić information content (AvgIpc) is 2.83. The van der Waals surface area contributed by atoms with E-state index in [1.54, 1.807) is 6.07 Å². The number of nitrogens with one attached hydrogen (secondary N) is 1. The molecule has 2 unspecified atom stereocenters. The van der Waals surface area contributed by atoms with Gasteiger partial charge in [0, 0.05) is 17.1 Å². The van der Waals surface area contributed by atoms with Crippen molar-refractivity contribution in [2.45, 2.75) is 32.1 Å². The molecule has 1 aliphatic rings. The Labute approximate surface area is 94.7 Å². The van der Waals surface area contributed by atoms with Crippen LogP contribution in [0.3, 0.4) is 0 Å². The molecule has 0 radical (unpaired) electrons. The topological polar surface area (TPSA) is 15.8 Å². The predicted molar refractivity (Wildman–Crippen MR) is 64.0 cm³/mol. The molecule has 16 heavy (non-hydrogen) atoms. The zero-order valence-electron chi connectivity index (χ0n) is 9.46. The molecule has 0 bridgehead atoms. The SMILES string of the molecule is CC1CCCC1c1c[nH]c2ccc(F)cc12. The molecule has 2 aromatic rings. The maximum absolute atomic E-state index is 13.3. The zero-order valence-corrected chi connectivity index (χ0v) is 9.46. The Morgan fingerprint density at radius 1 is 1.31 bits per heavy atom. The third-order valence-electron chi connectivity index (χ3n) is 3.94. The van der Waals surface area contributed by atoms with Crippen LogP contribution < -0.4 is 0 Å². The quantitative estimate of drug-likeness (QED) is 0.736. The summed E-state index contributed by atoms with van der Waals surface area (Å²) >= 11 is 0. The molecule has 0 saturated heterocycles. The monoisotopic (exact) mass is 217 g/mol. The molecule has 1 N–H and O–H groups in total. The van der Waals surface area contributed by atoms with E-state index in [0.29, 0.717) is 5.92 Å². The van der Waals surface area contributed by atoms with Crippen LogP contribution >= 0.6 is 0 Å². The van der Waals surface area contributed by atoms with Gasteiger partial charge < -0.3 is 4.98 Å². The van der Waals surface area contributed by atoms with Crippen LogP contribution in [0.1, 0.15) is 37.7 Å². The summed E-state index contributed by atoms with van der Waals surface area (Å²) in [7, 11) is 0. The van der Waals surface area contributed by atoms with Crippen molar-refractivity contribution in [1.29, 1.82) is 0 Å². The molecule has 0 aliphatic heterocycles. The van der Waals surface area contributed by atoms with Gasteiger partial charge in [-0.1, -0.05) is 19.8 Å². The highest BCUT2D eigenvalue weighted by Gasteiger charge is 2.26. The molecule has 1 aromatic carbocycles. The maximum atomic E-state index is 13.3. The highest BCUT2D eigenvalue weighted by molar-refractivity contribution is 5.83. The van der Waals surface area contributed by atoms with Crippen molar-refractivity contribution in [2.75, 3.05) is 0 Å². The number of aromatic nitrogens is 1. The minimum Gasteiger partial charge on any atom is -0.361 e. The summed E-state index contributed by atoms with van der Waals surface area (Å²) in [6.45, 7) is 2.30. The van der Waals surface area contributed by atoms with Crippen molar-refractivity contribution in [3.63, 3.8) is 0 Å². The molecule has 1 nitrogen and oxygen atoms in total. The molecule has 1 heterocycles. The molecule has 1 fully saturated rings. The van der Waals surface area contributed by atoms with Crippen molar-refractivity contribution in [3.05, 3.63) is 35.8 Å². The molecule has 2 heteroatoms. The lowest BCUT2D eigenvalue weighted by Crippen LogP contribution is -2.00. The fraction of sp³-hybridized carbons (Fsp3) is 0.429. The third-order valence-corrected chi connectivity index (χ3v) is 3.94. The standard InChI is InChI=1S/C14H16FN/c1-9-3-2-4-11(9)13-8-16-14-6-5-10(15)7-12(13)14/h5-9,11,16H,2-4H2,1H3. The molecule has 84 valence electrons. The van der Waals surface area contributed by atoms with E-state index >= 15 is 0 Å². The van der Waals surface area contributed by atoms with Crippen molar-refractivity contribution >= 4 is 10.9 Å². The van der Waals surface area contributed by atoms with Crippen LogP contribution in [0, 0.1) is 11.7 Å². The number of hydrogen-bond donors (Lipinski definition) is 1. The highest BCUT2D eigenvalue weighted by atomic mass is 19.1. The molecule has 0 amide bonds. The second kappa shape index (κ2) is 3.62. The normalized spacial score (nSPS) is 25.4. The Bertz CT molecular complexity index is 514. The smallest absolute Gasteiger partial charge is 0.123 e. The molecular formula is C14H16FN. The van der Waals surface area contributed by atoms with Gasteiger partial charge in [0.1, 0.15) is 5.82 Å². The van der Waals surface area contributed by atoms with Gasteiger partial charge in [0.25, 0.3) is 0 Å². The fourth-order valence-corrected chi connectivity index (χ4v) is 3.03. The molecule has 1 saturated carbocycles.